The summed E-state index contributed by atoms with van der Waals surface area (Å²) in [7, 11) is 0. The summed E-state index contributed by atoms with van der Waals surface area (Å²) in [6.45, 7) is 1.95. The first-order valence-electron chi connectivity index (χ1n) is 6.17. The van der Waals surface area contributed by atoms with E-state index in [9.17, 15) is 14.4 Å². The highest BCUT2D eigenvalue weighted by Gasteiger charge is 2.17. The van der Waals surface area contributed by atoms with Gasteiger partial charge in [0.05, 0.1) is 13.0 Å². The molecule has 0 unspecified atom stereocenters. The Kier molecular flexibility index (Phi) is 4.14. The minimum Gasteiger partial charge on any atom is -0.463 e. The van der Waals surface area contributed by atoms with Gasteiger partial charge in [-0.25, -0.2) is 4.79 Å². The molecule has 2 N–H and O–H groups in total. The topological polar surface area (TPSA) is 84.5 Å². The van der Waals surface area contributed by atoms with Gasteiger partial charge in [0, 0.05) is 23.5 Å². The number of fused-ring (bicyclic) bond motifs is 1. The molecule has 1 heterocycles. The minimum absolute atomic E-state index is 0.0642. The molecular formula is C14H14N2O4. The SMILES string of the molecule is CCOC(=O)/C=C/C(=O)Nc1ccc2c(c1)CC(=O)N2. The Labute approximate surface area is 115 Å². The molecule has 6 heteroatoms. The van der Waals surface area contributed by atoms with Crippen molar-refractivity contribution >= 4 is 29.2 Å². The minimum atomic E-state index is -0.564. The third-order valence-corrected chi connectivity index (χ3v) is 2.66. The molecule has 0 radical (unpaired) electrons. The zero-order chi connectivity index (χ0) is 14.5. The Bertz CT molecular complexity index is 593. The standard InChI is InChI=1S/C14H14N2O4/c1-2-20-14(19)6-5-12(17)15-10-3-4-11-9(7-10)8-13(18)16-11/h3-7H,2,8H2,1H3,(H,15,17)(H,16,18)/b6-5+. The summed E-state index contributed by atoms with van der Waals surface area (Å²) in [6.07, 6.45) is 2.48. The number of nitrogens with one attached hydrogen (secondary N) is 2. The predicted molar refractivity (Wildman–Crippen MR) is 73.2 cm³/mol. The molecule has 104 valence electrons. The molecule has 1 aromatic rings. The van der Waals surface area contributed by atoms with Crippen LogP contribution in [0.15, 0.2) is 30.4 Å². The van der Waals surface area contributed by atoms with Crippen LogP contribution < -0.4 is 10.6 Å². The van der Waals surface area contributed by atoms with E-state index >= 15 is 0 Å². The van der Waals surface area contributed by atoms with Gasteiger partial charge in [0.25, 0.3) is 0 Å². The number of carbonyl (C=O) groups excluding carboxylic acids is 3. The summed E-state index contributed by atoms with van der Waals surface area (Å²) in [5, 5.41) is 5.32. The van der Waals surface area contributed by atoms with Crippen molar-refractivity contribution in [2.45, 2.75) is 13.3 Å². The van der Waals surface area contributed by atoms with Crippen LogP contribution in [-0.4, -0.2) is 24.4 Å². The predicted octanol–water partition coefficient (Wildman–Crippen LogP) is 1.24. The number of benzene rings is 1. The lowest BCUT2D eigenvalue weighted by molar-refractivity contribution is -0.137. The van der Waals surface area contributed by atoms with Gasteiger partial charge >= 0.3 is 5.97 Å². The molecule has 1 aromatic carbocycles. The molecule has 0 saturated carbocycles. The Morgan fingerprint density at radius 1 is 1.40 bits per heavy atom. The lowest BCUT2D eigenvalue weighted by Gasteiger charge is -2.04. The van der Waals surface area contributed by atoms with Gasteiger partial charge in [-0.1, -0.05) is 0 Å². The second kappa shape index (κ2) is 6.01. The van der Waals surface area contributed by atoms with Crippen LogP contribution >= 0.6 is 0 Å². The number of anilines is 2. The molecule has 1 aliphatic rings. The zero-order valence-electron chi connectivity index (χ0n) is 10.9. The fraction of sp³-hybridized carbons (Fsp3) is 0.214. The third kappa shape index (κ3) is 3.44. The van der Waals surface area contributed by atoms with Gasteiger partial charge < -0.3 is 15.4 Å². The number of rotatable bonds is 4. The lowest BCUT2D eigenvalue weighted by Crippen LogP contribution is -2.09. The van der Waals surface area contributed by atoms with Crippen LogP contribution in [-0.2, 0) is 25.5 Å². The Morgan fingerprint density at radius 3 is 2.95 bits per heavy atom. The quantitative estimate of drug-likeness (QED) is 0.639. The third-order valence-electron chi connectivity index (χ3n) is 2.66. The largest absolute Gasteiger partial charge is 0.463 e. The molecule has 6 nitrogen and oxygen atoms in total. The molecule has 20 heavy (non-hydrogen) atoms. The number of hydrogen-bond donors (Lipinski definition) is 2. The maximum atomic E-state index is 11.6. The first-order valence-corrected chi connectivity index (χ1v) is 6.17. The summed E-state index contributed by atoms with van der Waals surface area (Å²) in [5.74, 6) is -1.06. The van der Waals surface area contributed by atoms with E-state index < -0.39 is 11.9 Å². The number of esters is 1. The highest BCUT2D eigenvalue weighted by atomic mass is 16.5. The molecule has 0 spiro atoms. The highest BCUT2D eigenvalue weighted by molar-refractivity contribution is 6.04. The first kappa shape index (κ1) is 13.8. The van der Waals surface area contributed by atoms with Gasteiger partial charge in [-0.3, -0.25) is 9.59 Å². The van der Waals surface area contributed by atoms with E-state index in [1.54, 1.807) is 25.1 Å². The molecule has 0 aliphatic carbocycles. The van der Waals surface area contributed by atoms with Crippen molar-refractivity contribution in [3.05, 3.63) is 35.9 Å². The van der Waals surface area contributed by atoms with Crippen LogP contribution in [0, 0.1) is 0 Å². The fourth-order valence-electron chi connectivity index (χ4n) is 1.83. The van der Waals surface area contributed by atoms with Crippen LogP contribution in [0.3, 0.4) is 0 Å². The smallest absolute Gasteiger partial charge is 0.330 e. The maximum absolute atomic E-state index is 11.6. The highest BCUT2D eigenvalue weighted by Crippen LogP contribution is 2.25. The molecule has 0 saturated heterocycles. The molecule has 0 bridgehead atoms. The van der Waals surface area contributed by atoms with Crippen molar-refractivity contribution in [2.24, 2.45) is 0 Å². The summed E-state index contributed by atoms with van der Waals surface area (Å²) in [4.78, 5) is 33.9. The van der Waals surface area contributed by atoms with Crippen LogP contribution in [0.2, 0.25) is 0 Å². The Balaban J connectivity index is 1.97. The van der Waals surface area contributed by atoms with Crippen molar-refractivity contribution in [1.29, 1.82) is 0 Å². The number of ether oxygens (including phenoxy) is 1. The van der Waals surface area contributed by atoms with E-state index in [1.165, 1.54) is 0 Å². The van der Waals surface area contributed by atoms with Crippen molar-refractivity contribution in [2.75, 3.05) is 17.2 Å². The van der Waals surface area contributed by atoms with E-state index in [2.05, 4.69) is 15.4 Å². The summed E-state index contributed by atoms with van der Waals surface area (Å²) >= 11 is 0. The van der Waals surface area contributed by atoms with Gasteiger partial charge in [-0.15, -0.1) is 0 Å². The Hall–Kier alpha value is -2.63. The second-order valence-corrected chi connectivity index (χ2v) is 4.17. The van der Waals surface area contributed by atoms with E-state index in [1.807, 2.05) is 0 Å². The van der Waals surface area contributed by atoms with Gasteiger partial charge in [0.15, 0.2) is 0 Å². The monoisotopic (exact) mass is 274 g/mol. The normalized spacial score (nSPS) is 12.9. The average molecular weight is 274 g/mol. The van der Waals surface area contributed by atoms with E-state index in [4.69, 9.17) is 0 Å². The van der Waals surface area contributed by atoms with E-state index in [0.29, 0.717) is 12.1 Å². The molecule has 1 aliphatic heterocycles. The Morgan fingerprint density at radius 2 is 2.20 bits per heavy atom. The maximum Gasteiger partial charge on any atom is 0.330 e. The molecule has 2 rings (SSSR count). The summed E-state index contributed by atoms with van der Waals surface area (Å²) in [5.41, 5.74) is 2.16. The van der Waals surface area contributed by atoms with Gasteiger partial charge in [0.2, 0.25) is 11.8 Å². The van der Waals surface area contributed by atoms with Crippen molar-refractivity contribution in [3.8, 4) is 0 Å². The molecular weight excluding hydrogens is 260 g/mol. The van der Waals surface area contributed by atoms with Crippen LogP contribution in [0.4, 0.5) is 11.4 Å². The molecule has 0 atom stereocenters. The second-order valence-electron chi connectivity index (χ2n) is 4.17. The number of amides is 2. The van der Waals surface area contributed by atoms with Crippen LogP contribution in [0.25, 0.3) is 0 Å². The molecule has 0 fully saturated rings. The van der Waals surface area contributed by atoms with Crippen LogP contribution in [0.1, 0.15) is 12.5 Å². The lowest BCUT2D eigenvalue weighted by atomic mass is 10.1. The zero-order valence-corrected chi connectivity index (χ0v) is 10.9. The van der Waals surface area contributed by atoms with E-state index in [-0.39, 0.29) is 12.5 Å². The summed E-state index contributed by atoms with van der Waals surface area (Å²) in [6, 6.07) is 5.13. The van der Waals surface area contributed by atoms with Crippen molar-refractivity contribution in [3.63, 3.8) is 0 Å². The van der Waals surface area contributed by atoms with Crippen molar-refractivity contribution < 1.29 is 19.1 Å². The summed E-state index contributed by atoms with van der Waals surface area (Å²) < 4.78 is 4.66. The van der Waals surface area contributed by atoms with Gasteiger partial charge in [0.1, 0.15) is 0 Å². The first-order chi connectivity index (χ1) is 9.58. The fourth-order valence-corrected chi connectivity index (χ4v) is 1.83. The van der Waals surface area contributed by atoms with Gasteiger partial charge in [-0.05, 0) is 30.7 Å². The van der Waals surface area contributed by atoms with Gasteiger partial charge in [-0.2, -0.15) is 0 Å². The van der Waals surface area contributed by atoms with E-state index in [0.717, 1.165) is 23.4 Å². The molecule has 2 amide bonds. The average Bonchev–Trinajstić information content (AvgIpc) is 2.76. The number of hydrogen-bond acceptors (Lipinski definition) is 4. The molecule has 0 aromatic heterocycles. The van der Waals surface area contributed by atoms with Crippen molar-refractivity contribution in [1.82, 2.24) is 0 Å². The van der Waals surface area contributed by atoms with Crippen LogP contribution in [0.5, 0.6) is 0 Å². The number of carbonyl (C=O) groups is 3.